The van der Waals surface area contributed by atoms with Crippen molar-refractivity contribution < 1.29 is 18.3 Å². The standard InChI is InChI=1S/C13H24F3N3O/c14-13(15,16)11-1-5-18(6-2-11)9-12(20)10-19-7-3-17-4-8-19/h11-12,17,20H,1-10H2. The molecule has 2 aliphatic heterocycles. The molecule has 2 saturated heterocycles. The van der Waals surface area contributed by atoms with Crippen LogP contribution >= 0.6 is 0 Å². The SMILES string of the molecule is OC(CN1CCNCC1)CN1CCC(C(F)(F)F)CC1. The molecule has 0 spiro atoms. The molecular weight excluding hydrogens is 271 g/mol. The molecule has 0 bridgehead atoms. The second-order valence-electron chi connectivity index (χ2n) is 5.82. The van der Waals surface area contributed by atoms with E-state index < -0.39 is 18.2 Å². The van der Waals surface area contributed by atoms with Gasteiger partial charge in [0.05, 0.1) is 12.0 Å². The molecule has 2 rings (SSSR count). The number of piperidine rings is 1. The Hall–Kier alpha value is -0.370. The van der Waals surface area contributed by atoms with Crippen molar-refractivity contribution in [1.29, 1.82) is 0 Å². The van der Waals surface area contributed by atoms with Crippen molar-refractivity contribution in [2.75, 3.05) is 52.4 Å². The Kier molecular flexibility index (Phi) is 5.65. The third-order valence-corrected chi connectivity index (χ3v) is 4.20. The zero-order chi connectivity index (χ0) is 14.6. The van der Waals surface area contributed by atoms with E-state index in [0.29, 0.717) is 26.2 Å². The highest BCUT2D eigenvalue weighted by molar-refractivity contribution is 4.79. The molecule has 0 aliphatic carbocycles. The average molecular weight is 295 g/mol. The summed E-state index contributed by atoms with van der Waals surface area (Å²) in [5, 5.41) is 13.3. The van der Waals surface area contributed by atoms with E-state index in [9.17, 15) is 18.3 Å². The number of β-amino-alcohol motifs (C(OH)–C–C–N with tert-alkyl or cyclic N) is 1. The van der Waals surface area contributed by atoms with E-state index in [0.717, 1.165) is 26.2 Å². The summed E-state index contributed by atoms with van der Waals surface area (Å²) in [5.74, 6) is -1.16. The first-order valence-corrected chi connectivity index (χ1v) is 7.35. The molecule has 0 aromatic heterocycles. The quantitative estimate of drug-likeness (QED) is 0.793. The van der Waals surface area contributed by atoms with Crippen molar-refractivity contribution in [3.05, 3.63) is 0 Å². The van der Waals surface area contributed by atoms with E-state index in [2.05, 4.69) is 10.2 Å². The fourth-order valence-corrected chi connectivity index (χ4v) is 2.99. The van der Waals surface area contributed by atoms with Crippen molar-refractivity contribution in [2.24, 2.45) is 5.92 Å². The number of nitrogens with zero attached hydrogens (tertiary/aromatic N) is 2. The lowest BCUT2D eigenvalue weighted by atomic mass is 9.96. The van der Waals surface area contributed by atoms with Crippen LogP contribution in [0.2, 0.25) is 0 Å². The number of hydrogen-bond acceptors (Lipinski definition) is 4. The largest absolute Gasteiger partial charge is 0.391 e. The van der Waals surface area contributed by atoms with E-state index in [1.165, 1.54) is 0 Å². The maximum Gasteiger partial charge on any atom is 0.391 e. The molecule has 2 N–H and O–H groups in total. The summed E-state index contributed by atoms with van der Waals surface area (Å²) in [6.07, 6.45) is -4.23. The van der Waals surface area contributed by atoms with Crippen LogP contribution in [0.15, 0.2) is 0 Å². The zero-order valence-electron chi connectivity index (χ0n) is 11.7. The second-order valence-corrected chi connectivity index (χ2v) is 5.82. The van der Waals surface area contributed by atoms with Gasteiger partial charge in [-0.2, -0.15) is 13.2 Å². The highest BCUT2D eigenvalue weighted by Gasteiger charge is 2.41. The Morgan fingerprint density at radius 3 is 2.00 bits per heavy atom. The van der Waals surface area contributed by atoms with Gasteiger partial charge in [0.25, 0.3) is 0 Å². The molecule has 1 unspecified atom stereocenters. The van der Waals surface area contributed by atoms with Crippen LogP contribution in [-0.2, 0) is 0 Å². The predicted molar refractivity (Wildman–Crippen MR) is 70.5 cm³/mol. The molecule has 2 fully saturated rings. The number of rotatable bonds is 4. The summed E-state index contributed by atoms with van der Waals surface area (Å²) in [6, 6.07) is 0. The van der Waals surface area contributed by atoms with E-state index in [4.69, 9.17) is 0 Å². The fourth-order valence-electron chi connectivity index (χ4n) is 2.99. The maximum atomic E-state index is 12.6. The predicted octanol–water partition coefficient (Wildman–Crippen LogP) is 0.527. The summed E-state index contributed by atoms with van der Waals surface area (Å²) >= 11 is 0. The Bertz CT molecular complexity index is 287. The summed E-state index contributed by atoms with van der Waals surface area (Å²) in [6.45, 7) is 5.68. The second kappa shape index (κ2) is 7.06. The van der Waals surface area contributed by atoms with E-state index in [1.807, 2.05) is 4.90 Å². The fraction of sp³-hybridized carbons (Fsp3) is 1.00. The lowest BCUT2D eigenvalue weighted by molar-refractivity contribution is -0.185. The molecule has 1 atom stereocenters. The number of piperazine rings is 1. The van der Waals surface area contributed by atoms with Crippen LogP contribution in [0, 0.1) is 5.92 Å². The Morgan fingerprint density at radius 1 is 1.00 bits per heavy atom. The summed E-state index contributed by atoms with van der Waals surface area (Å²) in [4.78, 5) is 4.15. The number of alkyl halides is 3. The molecule has 0 radical (unpaired) electrons. The lowest BCUT2D eigenvalue weighted by Crippen LogP contribution is -2.49. The average Bonchev–Trinajstić information content (AvgIpc) is 2.39. The van der Waals surface area contributed by atoms with Gasteiger partial charge in [0, 0.05) is 39.3 Å². The molecule has 0 saturated carbocycles. The Morgan fingerprint density at radius 2 is 1.50 bits per heavy atom. The summed E-state index contributed by atoms with van der Waals surface area (Å²) in [5.41, 5.74) is 0. The van der Waals surface area contributed by atoms with Crippen molar-refractivity contribution >= 4 is 0 Å². The molecule has 2 aliphatic rings. The minimum atomic E-state index is -4.06. The molecule has 7 heteroatoms. The van der Waals surface area contributed by atoms with Gasteiger partial charge in [-0.05, 0) is 25.9 Å². The van der Waals surface area contributed by atoms with Crippen molar-refractivity contribution in [3.8, 4) is 0 Å². The third-order valence-electron chi connectivity index (χ3n) is 4.20. The lowest BCUT2D eigenvalue weighted by Gasteiger charge is -2.35. The molecule has 118 valence electrons. The molecule has 2 heterocycles. The number of hydrogen-bond donors (Lipinski definition) is 2. The minimum absolute atomic E-state index is 0.157. The maximum absolute atomic E-state index is 12.6. The van der Waals surface area contributed by atoms with Gasteiger partial charge in [-0.25, -0.2) is 0 Å². The van der Waals surface area contributed by atoms with Crippen LogP contribution < -0.4 is 5.32 Å². The number of aliphatic hydroxyl groups excluding tert-OH is 1. The molecule has 0 aromatic carbocycles. The smallest absolute Gasteiger partial charge is 0.390 e. The van der Waals surface area contributed by atoms with Gasteiger partial charge in [-0.1, -0.05) is 0 Å². The summed E-state index contributed by atoms with van der Waals surface area (Å²) in [7, 11) is 0. The monoisotopic (exact) mass is 295 g/mol. The van der Waals surface area contributed by atoms with Gasteiger partial charge in [0.2, 0.25) is 0 Å². The van der Waals surface area contributed by atoms with E-state index in [1.54, 1.807) is 0 Å². The van der Waals surface area contributed by atoms with Crippen LogP contribution in [-0.4, -0.2) is 79.5 Å². The number of halogens is 3. The molecule has 20 heavy (non-hydrogen) atoms. The van der Waals surface area contributed by atoms with Gasteiger partial charge < -0.3 is 15.3 Å². The van der Waals surface area contributed by atoms with Crippen LogP contribution in [0.25, 0.3) is 0 Å². The van der Waals surface area contributed by atoms with Gasteiger partial charge in [-0.3, -0.25) is 4.90 Å². The van der Waals surface area contributed by atoms with E-state index in [-0.39, 0.29) is 12.8 Å². The highest BCUT2D eigenvalue weighted by atomic mass is 19.4. The van der Waals surface area contributed by atoms with Gasteiger partial charge in [-0.15, -0.1) is 0 Å². The zero-order valence-corrected chi connectivity index (χ0v) is 11.7. The summed E-state index contributed by atoms with van der Waals surface area (Å²) < 4.78 is 37.7. The molecule has 0 amide bonds. The topological polar surface area (TPSA) is 38.7 Å². The molecule has 4 nitrogen and oxygen atoms in total. The van der Waals surface area contributed by atoms with Crippen molar-refractivity contribution in [3.63, 3.8) is 0 Å². The highest BCUT2D eigenvalue weighted by Crippen LogP contribution is 2.34. The van der Waals surface area contributed by atoms with Crippen LogP contribution in [0.3, 0.4) is 0 Å². The van der Waals surface area contributed by atoms with Gasteiger partial charge >= 0.3 is 6.18 Å². The third kappa shape index (κ3) is 4.87. The number of nitrogens with one attached hydrogen (secondary N) is 1. The van der Waals surface area contributed by atoms with Crippen molar-refractivity contribution in [2.45, 2.75) is 25.1 Å². The van der Waals surface area contributed by atoms with E-state index >= 15 is 0 Å². The van der Waals surface area contributed by atoms with Crippen LogP contribution in [0.5, 0.6) is 0 Å². The molecular formula is C13H24F3N3O. The first-order valence-electron chi connectivity index (χ1n) is 7.35. The number of aliphatic hydroxyl groups is 1. The van der Waals surface area contributed by atoms with Crippen LogP contribution in [0.4, 0.5) is 13.2 Å². The first-order chi connectivity index (χ1) is 9.45. The normalized spacial score (nSPS) is 25.8. The molecule has 0 aromatic rings. The van der Waals surface area contributed by atoms with Crippen molar-refractivity contribution in [1.82, 2.24) is 15.1 Å². The van der Waals surface area contributed by atoms with Gasteiger partial charge in [0.15, 0.2) is 0 Å². The van der Waals surface area contributed by atoms with Crippen LogP contribution in [0.1, 0.15) is 12.8 Å². The number of likely N-dealkylation sites (tertiary alicyclic amines) is 1. The van der Waals surface area contributed by atoms with Gasteiger partial charge in [0.1, 0.15) is 0 Å². The first kappa shape index (κ1) is 16.0. The Balaban J connectivity index is 1.66. The Labute approximate surface area is 117 Å². The minimum Gasteiger partial charge on any atom is -0.390 e.